The lowest BCUT2D eigenvalue weighted by atomic mass is 10.00. The summed E-state index contributed by atoms with van der Waals surface area (Å²) >= 11 is 0. The van der Waals surface area contributed by atoms with Gasteiger partial charge in [0.1, 0.15) is 5.75 Å². The molecule has 1 aromatic carbocycles. The summed E-state index contributed by atoms with van der Waals surface area (Å²) in [6.45, 7) is 2.03. The highest BCUT2D eigenvalue weighted by atomic mass is 16.6. The minimum Gasteiger partial charge on any atom is -0.478 e. The molecule has 1 unspecified atom stereocenters. The Morgan fingerprint density at radius 2 is 2.35 bits per heavy atom. The second-order valence-electron chi connectivity index (χ2n) is 3.61. The number of nitrogens with zero attached hydrogens (tertiary/aromatic N) is 1. The highest BCUT2D eigenvalue weighted by molar-refractivity contribution is 6.05. The van der Waals surface area contributed by atoms with Crippen LogP contribution >= 0.6 is 0 Å². The molecular formula is C12H13NO4. The molecule has 0 spiro atoms. The first-order chi connectivity index (χ1) is 8.26. The molecule has 0 fully saturated rings. The van der Waals surface area contributed by atoms with Crippen molar-refractivity contribution in [1.82, 2.24) is 0 Å². The van der Waals surface area contributed by atoms with E-state index < -0.39 is 12.1 Å². The average Bonchev–Trinajstić information content (AvgIpc) is 2.37. The Balaban J connectivity index is 2.27. The number of hydrogen-bond acceptors (Lipinski definition) is 5. The molecule has 1 heterocycles. The molecule has 2 rings (SSSR count). The maximum atomic E-state index is 11.6. The number of carbonyl (C=O) groups is 1. The molecule has 5 nitrogen and oxygen atoms in total. The van der Waals surface area contributed by atoms with E-state index in [4.69, 9.17) is 14.7 Å². The highest BCUT2D eigenvalue weighted by Crippen LogP contribution is 2.28. The van der Waals surface area contributed by atoms with Crippen LogP contribution in [0.15, 0.2) is 29.4 Å². The Bertz CT molecular complexity index is 456. The van der Waals surface area contributed by atoms with E-state index in [-0.39, 0.29) is 6.42 Å². The lowest BCUT2D eigenvalue weighted by Crippen LogP contribution is -2.35. The zero-order valence-electron chi connectivity index (χ0n) is 9.42. The quantitative estimate of drug-likeness (QED) is 0.480. The molecule has 0 saturated carbocycles. The van der Waals surface area contributed by atoms with Gasteiger partial charge in [0.05, 0.1) is 12.3 Å². The number of rotatable bonds is 2. The summed E-state index contributed by atoms with van der Waals surface area (Å²) in [5, 5.41) is 12.2. The lowest BCUT2D eigenvalue weighted by Gasteiger charge is -2.24. The topological polar surface area (TPSA) is 68.1 Å². The van der Waals surface area contributed by atoms with Gasteiger partial charge in [0.2, 0.25) is 6.10 Å². The van der Waals surface area contributed by atoms with Gasteiger partial charge >= 0.3 is 5.97 Å². The number of para-hydroxylation sites is 1. The largest absolute Gasteiger partial charge is 0.478 e. The fourth-order valence-electron chi connectivity index (χ4n) is 1.75. The molecule has 0 radical (unpaired) electrons. The fourth-order valence-corrected chi connectivity index (χ4v) is 1.75. The summed E-state index contributed by atoms with van der Waals surface area (Å²) < 4.78 is 10.4. The first kappa shape index (κ1) is 11.4. The Morgan fingerprint density at radius 3 is 3.06 bits per heavy atom. The van der Waals surface area contributed by atoms with E-state index in [1.54, 1.807) is 25.1 Å². The Kier molecular flexibility index (Phi) is 3.27. The van der Waals surface area contributed by atoms with E-state index in [2.05, 4.69) is 5.16 Å². The van der Waals surface area contributed by atoms with Crippen LogP contribution in [0.1, 0.15) is 18.9 Å². The van der Waals surface area contributed by atoms with Gasteiger partial charge in [0.25, 0.3) is 0 Å². The van der Waals surface area contributed by atoms with Gasteiger partial charge < -0.3 is 14.7 Å². The van der Waals surface area contributed by atoms with Gasteiger partial charge in [-0.05, 0) is 19.1 Å². The van der Waals surface area contributed by atoms with Gasteiger partial charge in [-0.25, -0.2) is 4.79 Å². The SMILES string of the molecule is CCOC(=O)C1C/C(=N\O)c2ccccc2O1. The lowest BCUT2D eigenvalue weighted by molar-refractivity contribution is -0.151. The zero-order valence-corrected chi connectivity index (χ0v) is 9.42. The van der Waals surface area contributed by atoms with Crippen molar-refractivity contribution in [3.8, 4) is 5.75 Å². The van der Waals surface area contributed by atoms with E-state index in [1.807, 2.05) is 6.07 Å². The molecule has 1 aliphatic heterocycles. The predicted octanol–water partition coefficient (Wildman–Crippen LogP) is 1.58. The number of oxime groups is 1. The molecule has 0 amide bonds. The van der Waals surface area contributed by atoms with Crippen molar-refractivity contribution in [3.63, 3.8) is 0 Å². The van der Waals surface area contributed by atoms with Crippen molar-refractivity contribution in [1.29, 1.82) is 0 Å². The van der Waals surface area contributed by atoms with Gasteiger partial charge in [0.15, 0.2) is 0 Å². The Morgan fingerprint density at radius 1 is 1.59 bits per heavy atom. The van der Waals surface area contributed by atoms with Gasteiger partial charge in [-0.3, -0.25) is 0 Å². The van der Waals surface area contributed by atoms with Crippen LogP contribution in [0.3, 0.4) is 0 Å². The van der Waals surface area contributed by atoms with Crippen LogP contribution in [0.2, 0.25) is 0 Å². The summed E-state index contributed by atoms with van der Waals surface area (Å²) in [6, 6.07) is 7.12. The van der Waals surface area contributed by atoms with Crippen molar-refractivity contribution in [3.05, 3.63) is 29.8 Å². The molecule has 17 heavy (non-hydrogen) atoms. The summed E-state index contributed by atoms with van der Waals surface area (Å²) in [5.74, 6) is 0.0905. The van der Waals surface area contributed by atoms with Crippen molar-refractivity contribution in [2.45, 2.75) is 19.4 Å². The third-order valence-corrected chi connectivity index (χ3v) is 2.52. The van der Waals surface area contributed by atoms with E-state index in [0.29, 0.717) is 23.6 Å². The summed E-state index contributed by atoms with van der Waals surface area (Å²) in [5.41, 5.74) is 1.14. The number of hydrogen-bond donors (Lipinski definition) is 1. The van der Waals surface area contributed by atoms with E-state index in [1.165, 1.54) is 0 Å². The molecule has 1 aromatic rings. The first-order valence-electron chi connectivity index (χ1n) is 5.40. The van der Waals surface area contributed by atoms with Crippen molar-refractivity contribution in [2.24, 2.45) is 5.16 Å². The van der Waals surface area contributed by atoms with E-state index >= 15 is 0 Å². The summed E-state index contributed by atoms with van der Waals surface area (Å²) in [4.78, 5) is 11.6. The van der Waals surface area contributed by atoms with Crippen LogP contribution in [-0.4, -0.2) is 29.6 Å². The molecule has 1 N–H and O–H groups in total. The predicted molar refractivity (Wildman–Crippen MR) is 60.4 cm³/mol. The summed E-state index contributed by atoms with van der Waals surface area (Å²) in [7, 11) is 0. The van der Waals surface area contributed by atoms with Crippen LogP contribution in [0.25, 0.3) is 0 Å². The Hall–Kier alpha value is -2.04. The molecule has 0 saturated heterocycles. The minimum atomic E-state index is -0.740. The fraction of sp³-hybridized carbons (Fsp3) is 0.333. The maximum Gasteiger partial charge on any atom is 0.347 e. The van der Waals surface area contributed by atoms with Crippen LogP contribution in [-0.2, 0) is 9.53 Å². The van der Waals surface area contributed by atoms with Crippen LogP contribution in [0, 0.1) is 0 Å². The smallest absolute Gasteiger partial charge is 0.347 e. The summed E-state index contributed by atoms with van der Waals surface area (Å²) in [6.07, 6.45) is -0.525. The van der Waals surface area contributed by atoms with Gasteiger partial charge in [-0.1, -0.05) is 17.3 Å². The van der Waals surface area contributed by atoms with Crippen LogP contribution < -0.4 is 4.74 Å². The first-order valence-corrected chi connectivity index (χ1v) is 5.40. The molecule has 90 valence electrons. The second-order valence-corrected chi connectivity index (χ2v) is 3.61. The van der Waals surface area contributed by atoms with Crippen LogP contribution in [0.5, 0.6) is 5.75 Å². The normalized spacial score (nSPS) is 20.5. The number of benzene rings is 1. The van der Waals surface area contributed by atoms with Gasteiger partial charge in [-0.2, -0.15) is 0 Å². The molecule has 1 atom stereocenters. The van der Waals surface area contributed by atoms with Crippen molar-refractivity contribution >= 4 is 11.7 Å². The molecule has 0 aromatic heterocycles. The maximum absolute atomic E-state index is 11.6. The van der Waals surface area contributed by atoms with Gasteiger partial charge in [0, 0.05) is 12.0 Å². The second kappa shape index (κ2) is 4.86. The monoisotopic (exact) mass is 235 g/mol. The number of carbonyl (C=O) groups excluding carboxylic acids is 1. The average molecular weight is 235 g/mol. The van der Waals surface area contributed by atoms with E-state index in [0.717, 1.165) is 0 Å². The standard InChI is InChI=1S/C12H13NO4/c1-2-16-12(14)11-7-9(13-15)8-5-3-4-6-10(8)17-11/h3-6,11,15H,2,7H2,1H3/b13-9+. The molecular weight excluding hydrogens is 222 g/mol. The number of esters is 1. The Labute approximate surface area is 98.6 Å². The molecule has 0 aliphatic carbocycles. The third-order valence-electron chi connectivity index (χ3n) is 2.52. The molecule has 5 heteroatoms. The zero-order chi connectivity index (χ0) is 12.3. The highest BCUT2D eigenvalue weighted by Gasteiger charge is 2.31. The van der Waals surface area contributed by atoms with Gasteiger partial charge in [-0.15, -0.1) is 0 Å². The number of ether oxygens (including phenoxy) is 2. The third kappa shape index (κ3) is 2.22. The van der Waals surface area contributed by atoms with Crippen LogP contribution in [0.4, 0.5) is 0 Å². The van der Waals surface area contributed by atoms with E-state index in [9.17, 15) is 4.79 Å². The number of fused-ring (bicyclic) bond motifs is 1. The molecule has 1 aliphatic rings. The molecule has 0 bridgehead atoms. The minimum absolute atomic E-state index is 0.215. The van der Waals surface area contributed by atoms with Crippen molar-refractivity contribution < 1.29 is 19.5 Å². The van der Waals surface area contributed by atoms with Crippen molar-refractivity contribution in [2.75, 3.05) is 6.61 Å².